The van der Waals surface area contributed by atoms with Crippen LogP contribution in [0.5, 0.6) is 0 Å². The summed E-state index contributed by atoms with van der Waals surface area (Å²) >= 11 is 0. The van der Waals surface area contributed by atoms with Gasteiger partial charge in [-0.1, -0.05) is 18.2 Å². The smallest absolute Gasteiger partial charge is 0.0270 e. The summed E-state index contributed by atoms with van der Waals surface area (Å²) in [6, 6.07) is 6.61. The maximum absolute atomic E-state index is 3.93. The Bertz CT molecular complexity index is 261. The predicted octanol–water partition coefficient (Wildman–Crippen LogP) is 2.55. The largest absolute Gasteiger partial charge is 0.0617 e. The fourth-order valence-electron chi connectivity index (χ4n) is 1.93. The van der Waals surface area contributed by atoms with Crippen LogP contribution >= 0.6 is 0 Å². The number of fused-ring (bicyclic) bond motifs is 1. The van der Waals surface area contributed by atoms with Crippen LogP contribution in [0.1, 0.15) is 23.1 Å². The van der Waals surface area contributed by atoms with Gasteiger partial charge in [-0.2, -0.15) is 0 Å². The average molecular weight is 145 g/mol. The highest BCUT2D eigenvalue weighted by atomic mass is 14.2. The van der Waals surface area contributed by atoms with Gasteiger partial charge in [0, 0.05) is 0 Å². The van der Waals surface area contributed by atoms with Crippen molar-refractivity contribution in [2.24, 2.45) is 0 Å². The van der Waals surface area contributed by atoms with Gasteiger partial charge >= 0.3 is 0 Å². The molecular weight excluding hydrogens is 132 g/mol. The summed E-state index contributed by atoms with van der Waals surface area (Å²) in [7, 11) is 0. The third-order valence-electron chi connectivity index (χ3n) is 2.51. The molecule has 2 rings (SSSR count). The second kappa shape index (κ2) is 2.69. The monoisotopic (exact) mass is 145 g/mol. The minimum atomic E-state index is 0.948. The van der Waals surface area contributed by atoms with Gasteiger partial charge in [0.25, 0.3) is 0 Å². The summed E-state index contributed by atoms with van der Waals surface area (Å²) in [5.41, 5.74) is 4.61. The van der Waals surface area contributed by atoms with Crippen molar-refractivity contribution in [3.63, 3.8) is 0 Å². The molecule has 0 N–H and O–H groups in total. The summed E-state index contributed by atoms with van der Waals surface area (Å²) in [6.45, 7) is 3.93. The van der Waals surface area contributed by atoms with Gasteiger partial charge in [0.2, 0.25) is 0 Å². The normalized spacial score (nSPS) is 15.0. The highest BCUT2D eigenvalue weighted by Gasteiger charge is 2.12. The number of aryl methyl sites for hydroxylation is 1. The van der Waals surface area contributed by atoms with Crippen molar-refractivity contribution in [2.45, 2.75) is 25.7 Å². The van der Waals surface area contributed by atoms with E-state index in [9.17, 15) is 0 Å². The van der Waals surface area contributed by atoms with Crippen LogP contribution in [0.4, 0.5) is 0 Å². The van der Waals surface area contributed by atoms with E-state index < -0.39 is 0 Å². The quantitative estimate of drug-likeness (QED) is 0.569. The third kappa shape index (κ3) is 1.07. The van der Waals surface area contributed by atoms with E-state index >= 15 is 0 Å². The van der Waals surface area contributed by atoms with Crippen LogP contribution in [0, 0.1) is 6.92 Å². The lowest BCUT2D eigenvalue weighted by molar-refractivity contribution is 0.907. The van der Waals surface area contributed by atoms with E-state index in [4.69, 9.17) is 0 Å². The van der Waals surface area contributed by atoms with E-state index in [1.54, 1.807) is 11.1 Å². The first-order chi connectivity index (χ1) is 5.42. The van der Waals surface area contributed by atoms with Crippen LogP contribution in [-0.2, 0) is 19.3 Å². The summed E-state index contributed by atoms with van der Waals surface area (Å²) in [4.78, 5) is 0. The van der Waals surface area contributed by atoms with Gasteiger partial charge in [0.05, 0.1) is 0 Å². The molecular formula is C11H13. The molecule has 1 radical (unpaired) electrons. The van der Waals surface area contributed by atoms with Crippen molar-refractivity contribution in [3.05, 3.63) is 41.8 Å². The van der Waals surface area contributed by atoms with E-state index in [0.29, 0.717) is 0 Å². The molecule has 0 saturated heterocycles. The standard InChI is InChI=1S/C11H13/c1-2-9-5-3-6-10-7-4-8-11(9)10/h3,5-6H,1-2,4,7-8H2. The van der Waals surface area contributed by atoms with Crippen LogP contribution in [0.25, 0.3) is 0 Å². The minimum Gasteiger partial charge on any atom is -0.0617 e. The SMILES string of the molecule is [CH2]Cc1cccc2c1CCC2. The molecule has 1 aromatic rings. The first-order valence-corrected chi connectivity index (χ1v) is 4.30. The predicted molar refractivity (Wildman–Crippen MR) is 47.5 cm³/mol. The average Bonchev–Trinajstić information content (AvgIpc) is 2.50. The Balaban J connectivity index is 2.50. The Morgan fingerprint density at radius 2 is 2.18 bits per heavy atom. The molecule has 1 aliphatic carbocycles. The lowest BCUT2D eigenvalue weighted by atomic mass is 10.0. The lowest BCUT2D eigenvalue weighted by Crippen LogP contribution is -1.89. The van der Waals surface area contributed by atoms with Crippen molar-refractivity contribution >= 4 is 0 Å². The van der Waals surface area contributed by atoms with Crippen LogP contribution in [0.2, 0.25) is 0 Å². The highest BCUT2D eigenvalue weighted by Crippen LogP contribution is 2.25. The van der Waals surface area contributed by atoms with Crippen LogP contribution < -0.4 is 0 Å². The fourth-order valence-corrected chi connectivity index (χ4v) is 1.93. The van der Waals surface area contributed by atoms with Crippen LogP contribution in [0.3, 0.4) is 0 Å². The minimum absolute atomic E-state index is 0.948. The van der Waals surface area contributed by atoms with E-state index in [0.717, 1.165) is 6.42 Å². The lowest BCUT2D eigenvalue weighted by Gasteiger charge is -2.04. The molecule has 0 saturated carbocycles. The first-order valence-electron chi connectivity index (χ1n) is 4.30. The molecule has 0 amide bonds. The zero-order chi connectivity index (χ0) is 7.68. The van der Waals surface area contributed by atoms with E-state index in [1.807, 2.05) is 0 Å². The molecule has 0 aromatic heterocycles. The molecule has 0 unspecified atom stereocenters. The topological polar surface area (TPSA) is 0 Å². The zero-order valence-electron chi connectivity index (χ0n) is 6.77. The number of hydrogen-bond acceptors (Lipinski definition) is 0. The van der Waals surface area contributed by atoms with Gasteiger partial charge in [-0.05, 0) is 49.3 Å². The van der Waals surface area contributed by atoms with Gasteiger partial charge < -0.3 is 0 Å². The molecule has 0 bridgehead atoms. The molecule has 1 aromatic carbocycles. The second-order valence-corrected chi connectivity index (χ2v) is 3.16. The Morgan fingerprint density at radius 3 is 3.00 bits per heavy atom. The van der Waals surface area contributed by atoms with Gasteiger partial charge in [-0.3, -0.25) is 0 Å². The molecule has 57 valence electrons. The maximum atomic E-state index is 3.93. The van der Waals surface area contributed by atoms with E-state index in [-0.39, 0.29) is 0 Å². The van der Waals surface area contributed by atoms with E-state index in [1.165, 1.54) is 24.8 Å². The Morgan fingerprint density at radius 1 is 1.27 bits per heavy atom. The fraction of sp³-hybridized carbons (Fsp3) is 0.364. The molecule has 0 aliphatic heterocycles. The van der Waals surface area contributed by atoms with Gasteiger partial charge in [-0.15, -0.1) is 0 Å². The summed E-state index contributed by atoms with van der Waals surface area (Å²) < 4.78 is 0. The molecule has 0 nitrogen and oxygen atoms in total. The Labute approximate surface area is 68.3 Å². The second-order valence-electron chi connectivity index (χ2n) is 3.16. The Kier molecular flexibility index (Phi) is 1.69. The van der Waals surface area contributed by atoms with Crippen molar-refractivity contribution in [3.8, 4) is 0 Å². The van der Waals surface area contributed by atoms with Crippen LogP contribution in [0.15, 0.2) is 18.2 Å². The van der Waals surface area contributed by atoms with Crippen molar-refractivity contribution in [2.75, 3.05) is 0 Å². The van der Waals surface area contributed by atoms with Gasteiger partial charge in [-0.25, -0.2) is 0 Å². The molecule has 0 atom stereocenters. The molecule has 0 spiro atoms. The first kappa shape index (κ1) is 6.90. The molecule has 0 heteroatoms. The van der Waals surface area contributed by atoms with Crippen LogP contribution in [-0.4, -0.2) is 0 Å². The van der Waals surface area contributed by atoms with Crippen molar-refractivity contribution < 1.29 is 0 Å². The third-order valence-corrected chi connectivity index (χ3v) is 2.51. The summed E-state index contributed by atoms with van der Waals surface area (Å²) in [5, 5.41) is 0. The number of rotatable bonds is 1. The molecule has 0 fully saturated rings. The number of benzene rings is 1. The molecule has 0 heterocycles. The van der Waals surface area contributed by atoms with Gasteiger partial charge in [0.15, 0.2) is 0 Å². The Hall–Kier alpha value is -0.780. The summed E-state index contributed by atoms with van der Waals surface area (Å²) in [6.07, 6.45) is 4.85. The zero-order valence-corrected chi connectivity index (χ0v) is 6.77. The molecule has 11 heavy (non-hydrogen) atoms. The van der Waals surface area contributed by atoms with E-state index in [2.05, 4.69) is 25.1 Å². The maximum Gasteiger partial charge on any atom is -0.0270 e. The molecule has 1 aliphatic rings. The van der Waals surface area contributed by atoms with Crippen molar-refractivity contribution in [1.82, 2.24) is 0 Å². The van der Waals surface area contributed by atoms with Gasteiger partial charge in [0.1, 0.15) is 0 Å². The van der Waals surface area contributed by atoms with Crippen molar-refractivity contribution in [1.29, 1.82) is 0 Å². The summed E-state index contributed by atoms with van der Waals surface area (Å²) in [5.74, 6) is 0. The number of hydrogen-bond donors (Lipinski definition) is 0. The highest BCUT2D eigenvalue weighted by molar-refractivity contribution is 5.38.